The number of rotatable bonds is 8. The third kappa shape index (κ3) is 5.73. The molecule has 0 unspecified atom stereocenters. The minimum absolute atomic E-state index is 0.0875. The summed E-state index contributed by atoms with van der Waals surface area (Å²) in [6.07, 6.45) is 2.89. The van der Waals surface area contributed by atoms with E-state index in [1.807, 2.05) is 32.0 Å². The number of benzene rings is 2. The van der Waals surface area contributed by atoms with Crippen LogP contribution in [0.25, 0.3) is 6.08 Å². The lowest BCUT2D eigenvalue weighted by Crippen LogP contribution is -2.53. The lowest BCUT2D eigenvalue weighted by Gasteiger charge is -2.25. The number of aryl methyl sites for hydroxylation is 1. The number of amides is 4. The van der Waals surface area contributed by atoms with Crippen LogP contribution in [-0.4, -0.2) is 29.4 Å². The van der Waals surface area contributed by atoms with Gasteiger partial charge in [-0.15, -0.1) is 0 Å². The van der Waals surface area contributed by atoms with Crippen LogP contribution < -0.4 is 14.8 Å². The zero-order chi connectivity index (χ0) is 24.9. The zero-order valence-corrected chi connectivity index (χ0v) is 21.3. The average molecular weight is 586 g/mol. The topological polar surface area (TPSA) is 98.1 Å². The lowest BCUT2D eigenvalue weighted by molar-refractivity contribution is -0.130. The number of nitrogens with one attached hydrogen (secondary N) is 1. The van der Waals surface area contributed by atoms with Gasteiger partial charge in [-0.3, -0.25) is 19.8 Å². The molecule has 0 spiro atoms. The summed E-state index contributed by atoms with van der Waals surface area (Å²) >= 11 is 2.13. The van der Waals surface area contributed by atoms with E-state index >= 15 is 0 Å². The van der Waals surface area contributed by atoms with Gasteiger partial charge >= 0.3 is 6.03 Å². The summed E-state index contributed by atoms with van der Waals surface area (Å²) in [6, 6.07) is 14.0. The number of barbiturate groups is 1. The van der Waals surface area contributed by atoms with Crippen LogP contribution >= 0.6 is 22.6 Å². The first-order chi connectivity index (χ1) is 16.9. The summed E-state index contributed by atoms with van der Waals surface area (Å²) in [5.74, 6) is 0.0214. The summed E-state index contributed by atoms with van der Waals surface area (Å²) in [5.41, 5.74) is 2.57. The van der Waals surface area contributed by atoms with Crippen molar-refractivity contribution in [3.05, 3.63) is 86.4 Å². The largest absolute Gasteiger partial charge is 0.490 e. The van der Waals surface area contributed by atoms with Crippen molar-refractivity contribution in [1.82, 2.24) is 10.2 Å². The lowest BCUT2D eigenvalue weighted by atomic mass is 10.1. The Balaban J connectivity index is 1.61. The Morgan fingerprint density at radius 2 is 1.91 bits per heavy atom. The van der Waals surface area contributed by atoms with Crippen LogP contribution in [0.5, 0.6) is 11.5 Å². The maximum Gasteiger partial charge on any atom is 0.331 e. The van der Waals surface area contributed by atoms with Gasteiger partial charge in [0.1, 0.15) is 17.9 Å². The Labute approximate surface area is 216 Å². The van der Waals surface area contributed by atoms with Crippen LogP contribution in [0.3, 0.4) is 0 Å². The number of hydrogen-bond acceptors (Lipinski definition) is 6. The van der Waals surface area contributed by atoms with Crippen LogP contribution in [0.15, 0.2) is 64.8 Å². The van der Waals surface area contributed by atoms with Crippen LogP contribution in [0.2, 0.25) is 0 Å². The van der Waals surface area contributed by atoms with E-state index in [4.69, 9.17) is 13.9 Å². The molecule has 8 nitrogen and oxygen atoms in total. The second-order valence-electron chi connectivity index (χ2n) is 7.83. The molecule has 9 heteroatoms. The molecule has 1 N–H and O–H groups in total. The van der Waals surface area contributed by atoms with E-state index in [0.29, 0.717) is 36.0 Å². The molecule has 1 aliphatic heterocycles. The second-order valence-corrected chi connectivity index (χ2v) is 8.99. The van der Waals surface area contributed by atoms with Gasteiger partial charge in [-0.1, -0.05) is 29.8 Å². The van der Waals surface area contributed by atoms with Crippen molar-refractivity contribution in [2.75, 3.05) is 6.61 Å². The van der Waals surface area contributed by atoms with Gasteiger partial charge in [0.2, 0.25) is 0 Å². The highest BCUT2D eigenvalue weighted by Gasteiger charge is 2.36. The van der Waals surface area contributed by atoms with Crippen molar-refractivity contribution < 1.29 is 28.3 Å². The Morgan fingerprint density at radius 1 is 1.09 bits per heavy atom. The fourth-order valence-electron chi connectivity index (χ4n) is 3.59. The molecule has 2 heterocycles. The summed E-state index contributed by atoms with van der Waals surface area (Å²) < 4.78 is 17.9. The third-order valence-electron chi connectivity index (χ3n) is 5.19. The number of halogens is 1. The molecule has 1 saturated heterocycles. The molecule has 1 aliphatic rings. The minimum atomic E-state index is -0.793. The minimum Gasteiger partial charge on any atom is -0.490 e. The number of hydrogen-bond donors (Lipinski definition) is 1. The van der Waals surface area contributed by atoms with Gasteiger partial charge in [0, 0.05) is 0 Å². The molecule has 0 bridgehead atoms. The molecule has 4 amide bonds. The summed E-state index contributed by atoms with van der Waals surface area (Å²) in [6.45, 7) is 4.56. The number of carbonyl (C=O) groups excluding carboxylic acids is 3. The van der Waals surface area contributed by atoms with Crippen molar-refractivity contribution in [3.63, 3.8) is 0 Å². The number of urea groups is 1. The monoisotopic (exact) mass is 586 g/mol. The fourth-order valence-corrected chi connectivity index (χ4v) is 4.38. The molecule has 0 aliphatic carbocycles. The molecule has 4 rings (SSSR count). The zero-order valence-electron chi connectivity index (χ0n) is 19.2. The molecule has 0 radical (unpaired) electrons. The Kier molecular flexibility index (Phi) is 7.54. The summed E-state index contributed by atoms with van der Waals surface area (Å²) in [5, 5.41) is 2.21. The second kappa shape index (κ2) is 10.8. The van der Waals surface area contributed by atoms with Crippen molar-refractivity contribution in [3.8, 4) is 11.5 Å². The van der Waals surface area contributed by atoms with Crippen LogP contribution in [0.4, 0.5) is 4.79 Å². The van der Waals surface area contributed by atoms with E-state index in [9.17, 15) is 14.4 Å². The Hall–Kier alpha value is -3.60. The SMILES string of the molecule is CCOc1cc(/C=C2\C(=O)NC(=O)N(Cc3ccco3)C2=O)cc(I)c1OCc1cccc(C)c1. The fraction of sp³-hybridized carbons (Fsp3) is 0.192. The van der Waals surface area contributed by atoms with Crippen molar-refractivity contribution in [1.29, 1.82) is 0 Å². The van der Waals surface area contributed by atoms with Crippen molar-refractivity contribution >= 4 is 46.5 Å². The molecule has 0 saturated carbocycles. The molecule has 3 aromatic rings. The number of ether oxygens (including phenoxy) is 2. The van der Waals surface area contributed by atoms with Gasteiger partial charge in [0.05, 0.1) is 23.0 Å². The molecule has 35 heavy (non-hydrogen) atoms. The van der Waals surface area contributed by atoms with Crippen LogP contribution in [0.1, 0.15) is 29.4 Å². The Morgan fingerprint density at radius 3 is 2.63 bits per heavy atom. The van der Waals surface area contributed by atoms with E-state index in [0.717, 1.165) is 19.6 Å². The van der Waals surface area contributed by atoms with Crippen LogP contribution in [-0.2, 0) is 22.7 Å². The van der Waals surface area contributed by atoms with E-state index in [2.05, 4.69) is 34.0 Å². The molecule has 0 atom stereocenters. The summed E-state index contributed by atoms with van der Waals surface area (Å²) in [7, 11) is 0. The number of nitrogens with zero attached hydrogens (tertiary/aromatic N) is 1. The molecule has 2 aromatic carbocycles. The third-order valence-corrected chi connectivity index (χ3v) is 5.99. The standard InChI is InChI=1S/C26H23IN2O6/c1-3-33-22-13-18(12-21(27)23(22)35-15-17-7-4-6-16(2)10-17)11-20-24(30)28-26(32)29(25(20)31)14-19-8-5-9-34-19/h4-13H,3,14-15H2,1-2H3,(H,28,30,32)/b20-11+. The van der Waals surface area contributed by atoms with Gasteiger partial charge in [-0.05, 0) is 77.9 Å². The number of carbonyl (C=O) groups is 3. The first kappa shape index (κ1) is 24.5. The first-order valence-electron chi connectivity index (χ1n) is 10.9. The molecule has 1 aromatic heterocycles. The van der Waals surface area contributed by atoms with Crippen molar-refractivity contribution in [2.24, 2.45) is 0 Å². The van der Waals surface area contributed by atoms with Gasteiger partial charge in [0.15, 0.2) is 11.5 Å². The van der Waals surface area contributed by atoms with Gasteiger partial charge in [0.25, 0.3) is 11.8 Å². The Bertz CT molecular complexity index is 1300. The van der Waals surface area contributed by atoms with E-state index in [-0.39, 0.29) is 12.1 Å². The van der Waals surface area contributed by atoms with Crippen LogP contribution in [0, 0.1) is 10.5 Å². The average Bonchev–Trinajstić information content (AvgIpc) is 3.32. The highest BCUT2D eigenvalue weighted by atomic mass is 127. The highest BCUT2D eigenvalue weighted by molar-refractivity contribution is 14.1. The quantitative estimate of drug-likeness (QED) is 0.231. The van der Waals surface area contributed by atoms with Gasteiger partial charge in [-0.25, -0.2) is 4.79 Å². The summed E-state index contributed by atoms with van der Waals surface area (Å²) in [4.78, 5) is 38.7. The predicted molar refractivity (Wildman–Crippen MR) is 137 cm³/mol. The number of furan rings is 1. The predicted octanol–water partition coefficient (Wildman–Crippen LogP) is 4.83. The molecule has 180 valence electrons. The van der Waals surface area contributed by atoms with Gasteiger partial charge in [-0.2, -0.15) is 0 Å². The highest BCUT2D eigenvalue weighted by Crippen LogP contribution is 2.36. The maximum absolute atomic E-state index is 13.0. The van der Waals surface area contributed by atoms with Gasteiger partial charge < -0.3 is 13.9 Å². The van der Waals surface area contributed by atoms with E-state index < -0.39 is 17.8 Å². The molecular weight excluding hydrogens is 563 g/mol. The normalized spacial score (nSPS) is 14.9. The maximum atomic E-state index is 13.0. The first-order valence-corrected chi connectivity index (χ1v) is 12.0. The number of imide groups is 2. The van der Waals surface area contributed by atoms with E-state index in [1.54, 1.807) is 24.3 Å². The molecule has 1 fully saturated rings. The van der Waals surface area contributed by atoms with Crippen molar-refractivity contribution in [2.45, 2.75) is 27.0 Å². The smallest absolute Gasteiger partial charge is 0.331 e. The van der Waals surface area contributed by atoms with E-state index in [1.165, 1.54) is 12.3 Å². The molecular formula is C26H23IN2O6.